The van der Waals surface area contributed by atoms with Gasteiger partial charge >= 0.3 is 5.97 Å². The molecule has 104 valence electrons. The van der Waals surface area contributed by atoms with E-state index in [0.717, 1.165) is 32.1 Å². The van der Waals surface area contributed by atoms with Crippen molar-refractivity contribution in [3.63, 3.8) is 0 Å². The summed E-state index contributed by atoms with van der Waals surface area (Å²) in [5.41, 5.74) is -0.241. The fourth-order valence-corrected chi connectivity index (χ4v) is 3.83. The van der Waals surface area contributed by atoms with Crippen molar-refractivity contribution in [3.8, 4) is 0 Å². The summed E-state index contributed by atoms with van der Waals surface area (Å²) in [5, 5.41) is 0. The number of esters is 1. The predicted molar refractivity (Wildman–Crippen MR) is 67.0 cm³/mol. The number of hydrogen-bond donors (Lipinski definition) is 0. The molecular weight excluding hydrogens is 232 g/mol. The lowest BCUT2D eigenvalue weighted by atomic mass is 9.60. The number of rotatable bonds is 3. The summed E-state index contributed by atoms with van der Waals surface area (Å²) >= 11 is 0. The fraction of sp³-hybridized carbons (Fsp3) is 0.929. The lowest BCUT2D eigenvalue weighted by molar-refractivity contribution is -0.273. The van der Waals surface area contributed by atoms with Crippen LogP contribution in [0.2, 0.25) is 0 Å². The molecule has 4 heteroatoms. The topological polar surface area (TPSA) is 44.8 Å². The van der Waals surface area contributed by atoms with Crippen molar-refractivity contribution < 1.29 is 19.0 Å². The van der Waals surface area contributed by atoms with Gasteiger partial charge in [-0.1, -0.05) is 20.3 Å². The third kappa shape index (κ3) is 1.86. The Kier molecular flexibility index (Phi) is 3.97. The quantitative estimate of drug-likeness (QED) is 0.728. The van der Waals surface area contributed by atoms with Crippen LogP contribution >= 0.6 is 0 Å². The lowest BCUT2D eigenvalue weighted by Gasteiger charge is -2.52. The molecule has 1 heterocycles. The van der Waals surface area contributed by atoms with E-state index in [9.17, 15) is 4.79 Å². The molecule has 0 bridgehead atoms. The van der Waals surface area contributed by atoms with Crippen molar-refractivity contribution in [3.05, 3.63) is 0 Å². The Morgan fingerprint density at radius 3 is 2.44 bits per heavy atom. The van der Waals surface area contributed by atoms with Crippen LogP contribution in [0.25, 0.3) is 0 Å². The van der Waals surface area contributed by atoms with Crippen LogP contribution in [0, 0.1) is 11.3 Å². The van der Waals surface area contributed by atoms with E-state index in [1.54, 1.807) is 0 Å². The maximum Gasteiger partial charge on any atom is 0.309 e. The van der Waals surface area contributed by atoms with E-state index in [2.05, 4.69) is 6.92 Å². The van der Waals surface area contributed by atoms with E-state index in [1.165, 1.54) is 7.11 Å². The van der Waals surface area contributed by atoms with Crippen LogP contribution < -0.4 is 0 Å². The zero-order valence-electron chi connectivity index (χ0n) is 11.7. The van der Waals surface area contributed by atoms with Gasteiger partial charge in [0.1, 0.15) is 0 Å². The first-order chi connectivity index (χ1) is 8.62. The van der Waals surface area contributed by atoms with Crippen molar-refractivity contribution in [2.75, 3.05) is 20.3 Å². The molecule has 2 fully saturated rings. The molecule has 1 saturated heterocycles. The first kappa shape index (κ1) is 13.8. The number of carbonyl (C=O) groups is 1. The summed E-state index contributed by atoms with van der Waals surface area (Å²) in [5.74, 6) is -0.906. The van der Waals surface area contributed by atoms with Gasteiger partial charge in [-0.15, -0.1) is 0 Å². The lowest BCUT2D eigenvalue weighted by Crippen LogP contribution is -2.56. The molecule has 1 spiro atoms. The minimum absolute atomic E-state index is 0.155. The second-order valence-electron chi connectivity index (χ2n) is 5.41. The van der Waals surface area contributed by atoms with E-state index >= 15 is 0 Å². The zero-order valence-corrected chi connectivity index (χ0v) is 11.7. The van der Waals surface area contributed by atoms with E-state index in [0.29, 0.717) is 13.2 Å². The van der Waals surface area contributed by atoms with E-state index in [1.807, 2.05) is 6.92 Å². The third-order valence-electron chi connectivity index (χ3n) is 4.91. The normalized spacial score (nSPS) is 32.4. The Hall–Kier alpha value is -0.610. The predicted octanol–water partition coefficient (Wildman–Crippen LogP) is 2.51. The fourth-order valence-electron chi connectivity index (χ4n) is 3.83. The molecule has 2 unspecified atom stereocenters. The Morgan fingerprint density at radius 2 is 1.89 bits per heavy atom. The molecular formula is C14H24O4. The first-order valence-corrected chi connectivity index (χ1v) is 6.97. The largest absolute Gasteiger partial charge is 0.469 e. The van der Waals surface area contributed by atoms with Gasteiger partial charge in [0, 0.05) is 11.8 Å². The Bertz CT molecular complexity index is 309. The minimum Gasteiger partial charge on any atom is -0.469 e. The van der Waals surface area contributed by atoms with Gasteiger partial charge in [0.15, 0.2) is 5.79 Å². The SMILES string of the molecule is CCC1(C(C)C(=O)OC)CCCCC12OCCO2. The maximum absolute atomic E-state index is 12.0. The summed E-state index contributed by atoms with van der Waals surface area (Å²) in [6, 6.07) is 0. The number of ether oxygens (including phenoxy) is 3. The molecule has 2 atom stereocenters. The number of hydrogen-bond acceptors (Lipinski definition) is 4. The summed E-state index contributed by atoms with van der Waals surface area (Å²) < 4.78 is 16.9. The second kappa shape index (κ2) is 5.17. The molecule has 0 aromatic carbocycles. The molecule has 1 saturated carbocycles. The van der Waals surface area contributed by atoms with Crippen molar-refractivity contribution in [1.29, 1.82) is 0 Å². The van der Waals surface area contributed by atoms with E-state index in [4.69, 9.17) is 14.2 Å². The van der Waals surface area contributed by atoms with Crippen LogP contribution in [0.3, 0.4) is 0 Å². The van der Waals surface area contributed by atoms with Crippen molar-refractivity contribution in [1.82, 2.24) is 0 Å². The average molecular weight is 256 g/mol. The summed E-state index contributed by atoms with van der Waals surface area (Å²) in [4.78, 5) is 12.0. The molecule has 2 aliphatic rings. The highest BCUT2D eigenvalue weighted by molar-refractivity contribution is 5.73. The molecule has 2 rings (SSSR count). The molecule has 0 aromatic heterocycles. The highest BCUT2D eigenvalue weighted by Crippen LogP contribution is 2.55. The molecule has 1 aliphatic carbocycles. The molecule has 0 N–H and O–H groups in total. The Balaban J connectivity index is 2.34. The van der Waals surface area contributed by atoms with Gasteiger partial charge in [0.2, 0.25) is 0 Å². The molecule has 0 radical (unpaired) electrons. The van der Waals surface area contributed by atoms with Crippen molar-refractivity contribution >= 4 is 5.97 Å². The van der Waals surface area contributed by atoms with Crippen molar-refractivity contribution in [2.24, 2.45) is 11.3 Å². The maximum atomic E-state index is 12.0. The molecule has 0 aromatic rings. The number of carbonyl (C=O) groups excluding carboxylic acids is 1. The monoisotopic (exact) mass is 256 g/mol. The first-order valence-electron chi connectivity index (χ1n) is 6.97. The average Bonchev–Trinajstić information content (AvgIpc) is 2.87. The molecule has 0 amide bonds. The van der Waals surface area contributed by atoms with Crippen LogP contribution in [-0.2, 0) is 19.0 Å². The molecule has 1 aliphatic heterocycles. The number of methoxy groups -OCH3 is 1. The van der Waals surface area contributed by atoms with E-state index < -0.39 is 5.79 Å². The van der Waals surface area contributed by atoms with Gasteiger partial charge in [0.25, 0.3) is 0 Å². The Morgan fingerprint density at radius 1 is 1.28 bits per heavy atom. The van der Waals surface area contributed by atoms with Crippen LogP contribution in [-0.4, -0.2) is 32.1 Å². The van der Waals surface area contributed by atoms with Gasteiger partial charge in [-0.3, -0.25) is 4.79 Å². The smallest absolute Gasteiger partial charge is 0.309 e. The highest BCUT2D eigenvalue weighted by atomic mass is 16.7. The second-order valence-corrected chi connectivity index (χ2v) is 5.41. The summed E-state index contributed by atoms with van der Waals surface area (Å²) in [6.45, 7) is 5.34. The van der Waals surface area contributed by atoms with Crippen LogP contribution in [0.5, 0.6) is 0 Å². The van der Waals surface area contributed by atoms with Crippen LogP contribution in [0.1, 0.15) is 46.0 Å². The Labute approximate surface area is 109 Å². The van der Waals surface area contributed by atoms with Gasteiger partial charge in [0.05, 0.1) is 26.2 Å². The van der Waals surface area contributed by atoms with Gasteiger partial charge in [-0.25, -0.2) is 0 Å². The van der Waals surface area contributed by atoms with Gasteiger partial charge in [-0.2, -0.15) is 0 Å². The zero-order chi connectivity index (χ0) is 13.2. The minimum atomic E-state index is -0.562. The standard InChI is InChI=1S/C14H24O4/c1-4-13(11(2)12(15)16-3)7-5-6-8-14(13)17-9-10-18-14/h11H,4-10H2,1-3H3. The highest BCUT2D eigenvalue weighted by Gasteiger charge is 2.60. The van der Waals surface area contributed by atoms with Gasteiger partial charge in [-0.05, 0) is 19.3 Å². The van der Waals surface area contributed by atoms with Crippen molar-refractivity contribution in [2.45, 2.75) is 51.7 Å². The van der Waals surface area contributed by atoms with E-state index in [-0.39, 0.29) is 17.3 Å². The molecule has 4 nitrogen and oxygen atoms in total. The van der Waals surface area contributed by atoms with Crippen LogP contribution in [0.4, 0.5) is 0 Å². The third-order valence-corrected chi connectivity index (χ3v) is 4.91. The summed E-state index contributed by atoms with van der Waals surface area (Å²) in [7, 11) is 1.45. The summed E-state index contributed by atoms with van der Waals surface area (Å²) in [6.07, 6.45) is 4.98. The van der Waals surface area contributed by atoms with Gasteiger partial charge < -0.3 is 14.2 Å². The van der Waals surface area contributed by atoms with Crippen LogP contribution in [0.15, 0.2) is 0 Å². The molecule has 18 heavy (non-hydrogen) atoms.